The number of ether oxygens (including phenoxy) is 2. The number of hydrogen-bond donors (Lipinski definition) is 1. The first-order chi connectivity index (χ1) is 9.67. The number of rotatable bonds is 5. The summed E-state index contributed by atoms with van der Waals surface area (Å²) in [6, 6.07) is 5.31. The van der Waals surface area contributed by atoms with Gasteiger partial charge in [0.05, 0.1) is 24.5 Å². The van der Waals surface area contributed by atoms with E-state index < -0.39 is 0 Å². The lowest BCUT2D eigenvalue weighted by molar-refractivity contribution is 0.0771. The van der Waals surface area contributed by atoms with Crippen LogP contribution in [0.15, 0.2) is 18.2 Å². The minimum absolute atomic E-state index is 0.0145. The van der Waals surface area contributed by atoms with Crippen molar-refractivity contribution in [1.82, 2.24) is 4.90 Å². The molecule has 0 radical (unpaired) electrons. The average Bonchev–Trinajstić information content (AvgIpc) is 2.89. The predicted octanol–water partition coefficient (Wildman–Crippen LogP) is 1.78. The number of carbonyl (C=O) groups excluding carboxylic acids is 1. The van der Waals surface area contributed by atoms with Crippen LogP contribution < -0.4 is 10.5 Å². The largest absolute Gasteiger partial charge is 0.491 e. The van der Waals surface area contributed by atoms with E-state index in [1.54, 1.807) is 25.3 Å². The minimum atomic E-state index is -0.0145. The first-order valence-electron chi connectivity index (χ1n) is 6.96. The zero-order valence-electron chi connectivity index (χ0n) is 12.1. The van der Waals surface area contributed by atoms with Gasteiger partial charge in [0.1, 0.15) is 0 Å². The van der Waals surface area contributed by atoms with Crippen LogP contribution in [0.1, 0.15) is 23.7 Å². The second-order valence-electron chi connectivity index (χ2n) is 5.02. The number of para-hydroxylation sites is 1. The van der Waals surface area contributed by atoms with Crippen LogP contribution in [0.25, 0.3) is 0 Å². The maximum atomic E-state index is 12.6. The van der Waals surface area contributed by atoms with Crippen LogP contribution >= 0.6 is 0 Å². The van der Waals surface area contributed by atoms with Crippen molar-refractivity contribution in [3.63, 3.8) is 0 Å². The number of likely N-dealkylation sites (tertiary alicyclic amines) is 1. The third kappa shape index (κ3) is 3.04. The van der Waals surface area contributed by atoms with Crippen LogP contribution in [-0.2, 0) is 4.74 Å². The number of benzene rings is 1. The molecule has 1 aliphatic heterocycles. The number of nitrogens with two attached hydrogens (primary N) is 1. The van der Waals surface area contributed by atoms with Crippen LogP contribution in [0.3, 0.4) is 0 Å². The molecule has 1 unspecified atom stereocenters. The van der Waals surface area contributed by atoms with Crippen LogP contribution in [0.2, 0.25) is 0 Å². The van der Waals surface area contributed by atoms with Crippen LogP contribution in [0.5, 0.6) is 5.75 Å². The molecule has 1 aromatic carbocycles. The Morgan fingerprint density at radius 1 is 1.50 bits per heavy atom. The summed E-state index contributed by atoms with van der Waals surface area (Å²) in [5, 5.41) is 0. The lowest BCUT2D eigenvalue weighted by atomic mass is 10.1. The smallest absolute Gasteiger partial charge is 0.257 e. The fourth-order valence-electron chi connectivity index (χ4n) is 2.59. The topological polar surface area (TPSA) is 64.8 Å². The molecular weight excluding hydrogens is 256 g/mol. The molecule has 5 nitrogen and oxygen atoms in total. The second-order valence-corrected chi connectivity index (χ2v) is 5.02. The molecule has 0 bridgehead atoms. The number of nitrogen functional groups attached to an aromatic ring is 1. The molecule has 1 aliphatic rings. The third-order valence-electron chi connectivity index (χ3n) is 3.54. The van der Waals surface area contributed by atoms with E-state index >= 15 is 0 Å². The van der Waals surface area contributed by atoms with Crippen molar-refractivity contribution >= 4 is 11.6 Å². The molecule has 1 heterocycles. The van der Waals surface area contributed by atoms with Crippen LogP contribution in [0.4, 0.5) is 5.69 Å². The van der Waals surface area contributed by atoms with Gasteiger partial charge in [-0.1, -0.05) is 6.07 Å². The molecule has 110 valence electrons. The van der Waals surface area contributed by atoms with Crippen LogP contribution in [-0.4, -0.2) is 44.2 Å². The van der Waals surface area contributed by atoms with Crippen molar-refractivity contribution in [2.75, 3.05) is 39.1 Å². The predicted molar refractivity (Wildman–Crippen MR) is 77.9 cm³/mol. The molecule has 1 saturated heterocycles. The molecule has 20 heavy (non-hydrogen) atoms. The van der Waals surface area contributed by atoms with Crippen molar-refractivity contribution in [1.29, 1.82) is 0 Å². The van der Waals surface area contributed by atoms with E-state index in [0.717, 1.165) is 19.5 Å². The van der Waals surface area contributed by atoms with E-state index in [2.05, 4.69) is 0 Å². The third-order valence-corrected chi connectivity index (χ3v) is 3.54. The van der Waals surface area contributed by atoms with E-state index in [9.17, 15) is 4.79 Å². The quantitative estimate of drug-likeness (QED) is 0.834. The highest BCUT2D eigenvalue weighted by Crippen LogP contribution is 2.29. The van der Waals surface area contributed by atoms with Crippen molar-refractivity contribution in [3.8, 4) is 5.75 Å². The standard InChI is InChI=1S/C15H22N2O3/c1-3-20-14-12(5-4-6-13(14)16)15(18)17-8-7-11(9-17)10-19-2/h4-6,11H,3,7-10,16H2,1-2H3. The number of carbonyl (C=O) groups is 1. The fourth-order valence-corrected chi connectivity index (χ4v) is 2.59. The SMILES string of the molecule is CCOc1c(N)cccc1C(=O)N1CCC(COC)C1. The number of nitrogens with zero attached hydrogens (tertiary/aromatic N) is 1. The normalized spacial score (nSPS) is 18.3. The Bertz CT molecular complexity index is 476. The first-order valence-corrected chi connectivity index (χ1v) is 6.96. The van der Waals surface area contributed by atoms with Gasteiger partial charge in [-0.25, -0.2) is 0 Å². The zero-order chi connectivity index (χ0) is 14.5. The van der Waals surface area contributed by atoms with E-state index in [1.165, 1.54) is 0 Å². The highest BCUT2D eigenvalue weighted by atomic mass is 16.5. The van der Waals surface area contributed by atoms with Crippen LogP contribution in [0, 0.1) is 5.92 Å². The molecule has 1 amide bonds. The summed E-state index contributed by atoms with van der Waals surface area (Å²) in [5.41, 5.74) is 6.95. The van der Waals surface area contributed by atoms with E-state index in [-0.39, 0.29) is 5.91 Å². The average molecular weight is 278 g/mol. The first kappa shape index (κ1) is 14.7. The number of amides is 1. The van der Waals surface area contributed by atoms with Gasteiger partial charge in [-0.2, -0.15) is 0 Å². The summed E-state index contributed by atoms with van der Waals surface area (Å²) in [5.74, 6) is 0.898. The lowest BCUT2D eigenvalue weighted by Gasteiger charge is -2.19. The van der Waals surface area contributed by atoms with E-state index in [4.69, 9.17) is 15.2 Å². The van der Waals surface area contributed by atoms with Crippen molar-refractivity contribution < 1.29 is 14.3 Å². The van der Waals surface area contributed by atoms with Gasteiger partial charge in [0.15, 0.2) is 5.75 Å². The molecule has 0 saturated carbocycles. The maximum absolute atomic E-state index is 12.6. The molecule has 5 heteroatoms. The lowest BCUT2D eigenvalue weighted by Crippen LogP contribution is -2.29. The Balaban J connectivity index is 2.15. The van der Waals surface area contributed by atoms with Gasteiger partial charge in [-0.15, -0.1) is 0 Å². The zero-order valence-corrected chi connectivity index (χ0v) is 12.1. The fraction of sp³-hybridized carbons (Fsp3) is 0.533. The Labute approximate surface area is 119 Å². The summed E-state index contributed by atoms with van der Waals surface area (Å²) in [6.45, 7) is 4.55. The Morgan fingerprint density at radius 2 is 2.30 bits per heavy atom. The van der Waals surface area contributed by atoms with E-state index in [1.807, 2.05) is 11.8 Å². The van der Waals surface area contributed by atoms with Gasteiger partial charge in [0.2, 0.25) is 0 Å². The van der Waals surface area contributed by atoms with Gasteiger partial charge >= 0.3 is 0 Å². The highest BCUT2D eigenvalue weighted by molar-refractivity contribution is 5.98. The molecular formula is C15H22N2O3. The number of methoxy groups -OCH3 is 1. The van der Waals surface area contributed by atoms with Gasteiger partial charge in [0.25, 0.3) is 5.91 Å². The molecule has 1 fully saturated rings. The van der Waals surface area contributed by atoms with Gasteiger partial charge in [-0.3, -0.25) is 4.79 Å². The molecule has 0 spiro atoms. The van der Waals surface area contributed by atoms with Gasteiger partial charge < -0.3 is 20.1 Å². The Hall–Kier alpha value is -1.75. The molecule has 1 atom stereocenters. The Kier molecular flexibility index (Phi) is 4.84. The second kappa shape index (κ2) is 6.61. The number of hydrogen-bond acceptors (Lipinski definition) is 4. The van der Waals surface area contributed by atoms with Gasteiger partial charge in [-0.05, 0) is 25.5 Å². The molecule has 0 aliphatic carbocycles. The summed E-state index contributed by atoms with van der Waals surface area (Å²) < 4.78 is 10.7. The molecule has 1 aromatic rings. The summed E-state index contributed by atoms with van der Waals surface area (Å²) in [7, 11) is 1.69. The molecule has 2 N–H and O–H groups in total. The van der Waals surface area contributed by atoms with Crippen molar-refractivity contribution in [2.45, 2.75) is 13.3 Å². The summed E-state index contributed by atoms with van der Waals surface area (Å²) in [6.07, 6.45) is 0.978. The minimum Gasteiger partial charge on any atom is -0.491 e. The molecule has 0 aromatic heterocycles. The Morgan fingerprint density at radius 3 is 3.00 bits per heavy atom. The number of anilines is 1. The van der Waals surface area contributed by atoms with Gasteiger partial charge in [0, 0.05) is 26.1 Å². The summed E-state index contributed by atoms with van der Waals surface area (Å²) in [4.78, 5) is 14.4. The summed E-state index contributed by atoms with van der Waals surface area (Å²) >= 11 is 0. The molecule has 2 rings (SSSR count). The van der Waals surface area contributed by atoms with Crippen molar-refractivity contribution in [2.24, 2.45) is 5.92 Å². The monoisotopic (exact) mass is 278 g/mol. The highest BCUT2D eigenvalue weighted by Gasteiger charge is 2.28. The maximum Gasteiger partial charge on any atom is 0.257 e. The van der Waals surface area contributed by atoms with E-state index in [0.29, 0.717) is 36.1 Å². The van der Waals surface area contributed by atoms with Crippen molar-refractivity contribution in [3.05, 3.63) is 23.8 Å².